The van der Waals surface area contributed by atoms with Crippen molar-refractivity contribution in [3.05, 3.63) is 27.9 Å². The van der Waals surface area contributed by atoms with E-state index in [0.717, 1.165) is 5.56 Å². The molecule has 0 bridgehead atoms. The minimum absolute atomic E-state index is 0.198. The van der Waals surface area contributed by atoms with Crippen molar-refractivity contribution in [2.75, 3.05) is 17.9 Å². The van der Waals surface area contributed by atoms with Crippen LogP contribution >= 0.6 is 23.2 Å². The Bertz CT molecular complexity index is 822. The molecule has 1 aromatic heterocycles. The topological polar surface area (TPSA) is 65.2 Å². The predicted octanol–water partition coefficient (Wildman–Crippen LogP) is 3.70. The second kappa shape index (κ2) is 5.88. The molecule has 2 N–H and O–H groups in total. The zero-order chi connectivity index (χ0) is 15.9. The Morgan fingerprint density at radius 2 is 2.05 bits per heavy atom. The van der Waals surface area contributed by atoms with Gasteiger partial charge in [-0.2, -0.15) is 12.7 Å². The molecule has 1 aromatic carbocycles. The maximum Gasteiger partial charge on any atom is 0.302 e. The maximum absolute atomic E-state index is 12.3. The van der Waals surface area contributed by atoms with E-state index < -0.39 is 16.9 Å². The molecular weight excluding hydrogens is 352 g/mol. The molecule has 5 nitrogen and oxygen atoms in total. The van der Waals surface area contributed by atoms with Crippen molar-refractivity contribution in [2.24, 2.45) is 0 Å². The molecule has 0 fully saturated rings. The summed E-state index contributed by atoms with van der Waals surface area (Å²) >= 11 is 12.3. The van der Waals surface area contributed by atoms with Gasteiger partial charge in [-0.25, -0.2) is 0 Å². The highest BCUT2D eigenvalue weighted by molar-refractivity contribution is 7.90. The van der Waals surface area contributed by atoms with Crippen LogP contribution in [0.1, 0.15) is 18.4 Å². The first kappa shape index (κ1) is 15.9. The van der Waals surface area contributed by atoms with E-state index >= 15 is 0 Å². The monoisotopic (exact) mass is 365 g/mol. The van der Waals surface area contributed by atoms with Gasteiger partial charge in [-0.3, -0.25) is 9.11 Å². The molecule has 1 aliphatic heterocycles. The van der Waals surface area contributed by atoms with Crippen molar-refractivity contribution in [1.82, 2.24) is 9.29 Å². The number of nitrogens with one attached hydrogen (secondary N) is 2. The number of fused-ring (bicyclic) bond motifs is 3. The van der Waals surface area contributed by atoms with Gasteiger partial charge < -0.3 is 4.98 Å². The van der Waals surface area contributed by atoms with Crippen LogP contribution in [0.5, 0.6) is 0 Å². The molecule has 22 heavy (non-hydrogen) atoms. The van der Waals surface area contributed by atoms with Crippen LogP contribution in [0.15, 0.2) is 12.3 Å². The van der Waals surface area contributed by atoms with Gasteiger partial charge in [0.2, 0.25) is 0 Å². The van der Waals surface area contributed by atoms with Crippen molar-refractivity contribution in [2.45, 2.75) is 19.4 Å². The smallest absolute Gasteiger partial charge is 0.302 e. The van der Waals surface area contributed by atoms with Gasteiger partial charge in [-0.15, -0.1) is 0 Å². The number of rotatable bonds is 4. The SMILES string of the molecule is O=S1(=O)Nc2c(cc(Cl)c3c(Cl)c[nH]c23)CN1CCCCF. The number of aromatic amines is 1. The summed E-state index contributed by atoms with van der Waals surface area (Å²) in [5, 5.41) is 1.49. The molecule has 0 radical (unpaired) electrons. The number of nitrogens with zero attached hydrogens (tertiary/aromatic N) is 1. The largest absolute Gasteiger partial charge is 0.358 e. The zero-order valence-electron chi connectivity index (χ0n) is 11.5. The summed E-state index contributed by atoms with van der Waals surface area (Å²) in [7, 11) is -3.66. The molecule has 0 saturated heterocycles. The van der Waals surface area contributed by atoms with Crippen LogP contribution in [0.3, 0.4) is 0 Å². The molecule has 120 valence electrons. The molecule has 1 aliphatic rings. The molecule has 0 unspecified atom stereocenters. The minimum Gasteiger partial charge on any atom is -0.358 e. The standard InChI is InChI=1S/C13H14Cl2FN3O2S/c14-9-5-8-7-19(4-2-1-3-16)22(20,21)18-12(8)13-11(9)10(15)6-17-13/h5-6,17-18H,1-4,7H2. The number of benzene rings is 1. The Hall–Kier alpha value is -1.02. The quantitative estimate of drug-likeness (QED) is 0.811. The maximum atomic E-state index is 12.3. The third-order valence-corrected chi connectivity index (χ3v) is 5.70. The van der Waals surface area contributed by atoms with Gasteiger partial charge in [0.25, 0.3) is 0 Å². The fourth-order valence-electron chi connectivity index (χ4n) is 2.58. The molecule has 9 heteroatoms. The van der Waals surface area contributed by atoms with Crippen molar-refractivity contribution in [3.63, 3.8) is 0 Å². The summed E-state index contributed by atoms with van der Waals surface area (Å²) in [4.78, 5) is 2.95. The molecule has 0 spiro atoms. The lowest BCUT2D eigenvalue weighted by Gasteiger charge is -2.29. The summed E-state index contributed by atoms with van der Waals surface area (Å²) in [6.45, 7) is 0.00834. The number of anilines is 1. The fourth-order valence-corrected chi connectivity index (χ4v) is 4.51. The average molecular weight is 366 g/mol. The molecule has 2 heterocycles. The second-order valence-electron chi connectivity index (χ2n) is 5.12. The van der Waals surface area contributed by atoms with E-state index in [2.05, 4.69) is 9.71 Å². The first-order chi connectivity index (χ1) is 10.4. The van der Waals surface area contributed by atoms with E-state index in [1.165, 1.54) is 4.31 Å². The number of hydrogen-bond acceptors (Lipinski definition) is 2. The van der Waals surface area contributed by atoms with Gasteiger partial charge >= 0.3 is 10.2 Å². The minimum atomic E-state index is -3.66. The lowest BCUT2D eigenvalue weighted by atomic mass is 10.1. The Kier molecular flexibility index (Phi) is 4.24. The number of halogens is 3. The molecule has 0 amide bonds. The second-order valence-corrected chi connectivity index (χ2v) is 7.60. The fraction of sp³-hybridized carbons (Fsp3) is 0.385. The molecular formula is C13H14Cl2FN3O2S. The van der Waals surface area contributed by atoms with E-state index in [1.807, 2.05) is 0 Å². The predicted molar refractivity (Wildman–Crippen MR) is 86.5 cm³/mol. The van der Waals surface area contributed by atoms with Crippen LogP contribution in [0.4, 0.5) is 10.1 Å². The highest BCUT2D eigenvalue weighted by Gasteiger charge is 2.31. The van der Waals surface area contributed by atoms with Crippen molar-refractivity contribution < 1.29 is 12.8 Å². The van der Waals surface area contributed by atoms with E-state index in [-0.39, 0.29) is 13.1 Å². The third-order valence-electron chi connectivity index (χ3n) is 3.65. The third kappa shape index (κ3) is 2.67. The Balaban J connectivity index is 2.03. The number of unbranched alkanes of at least 4 members (excludes halogenated alkanes) is 1. The summed E-state index contributed by atoms with van der Waals surface area (Å²) < 4.78 is 40.7. The lowest BCUT2D eigenvalue weighted by molar-refractivity contribution is 0.376. The van der Waals surface area contributed by atoms with E-state index in [0.29, 0.717) is 39.5 Å². The Morgan fingerprint density at radius 1 is 1.27 bits per heavy atom. The highest BCUT2D eigenvalue weighted by Crippen LogP contribution is 2.40. The van der Waals surface area contributed by atoms with Crippen LogP contribution < -0.4 is 4.72 Å². The first-order valence-electron chi connectivity index (χ1n) is 6.76. The van der Waals surface area contributed by atoms with Gasteiger partial charge in [0.1, 0.15) is 0 Å². The number of alkyl halides is 1. The highest BCUT2D eigenvalue weighted by atomic mass is 35.5. The number of hydrogen-bond donors (Lipinski definition) is 2. The number of H-pyrrole nitrogens is 1. The summed E-state index contributed by atoms with van der Waals surface area (Å²) in [5.74, 6) is 0. The molecule has 0 atom stereocenters. The van der Waals surface area contributed by atoms with Crippen LogP contribution in [0, 0.1) is 0 Å². The van der Waals surface area contributed by atoms with E-state index in [4.69, 9.17) is 23.2 Å². The molecule has 0 saturated carbocycles. The van der Waals surface area contributed by atoms with Gasteiger partial charge in [0, 0.05) is 24.7 Å². The van der Waals surface area contributed by atoms with Crippen LogP contribution in [-0.2, 0) is 16.8 Å². The van der Waals surface area contributed by atoms with E-state index in [1.54, 1.807) is 12.3 Å². The lowest BCUT2D eigenvalue weighted by Crippen LogP contribution is -2.40. The average Bonchev–Trinajstić information content (AvgIpc) is 2.84. The van der Waals surface area contributed by atoms with Gasteiger partial charge in [-0.05, 0) is 24.5 Å². The summed E-state index contributed by atoms with van der Waals surface area (Å²) in [6, 6.07) is 1.71. The Morgan fingerprint density at radius 3 is 2.77 bits per heavy atom. The normalized spacial score (nSPS) is 17.4. The van der Waals surface area contributed by atoms with Gasteiger partial charge in [0.05, 0.1) is 27.9 Å². The van der Waals surface area contributed by atoms with E-state index in [9.17, 15) is 12.8 Å². The number of aromatic nitrogens is 1. The Labute approximate surface area is 137 Å². The summed E-state index contributed by atoms with van der Waals surface area (Å²) in [6.07, 6.45) is 2.38. The zero-order valence-corrected chi connectivity index (χ0v) is 13.8. The van der Waals surface area contributed by atoms with Crippen molar-refractivity contribution in [3.8, 4) is 0 Å². The molecule has 3 rings (SSSR count). The van der Waals surface area contributed by atoms with Crippen molar-refractivity contribution >= 4 is 50.0 Å². The molecule has 2 aromatic rings. The van der Waals surface area contributed by atoms with Gasteiger partial charge in [0.15, 0.2) is 0 Å². The molecule has 0 aliphatic carbocycles. The van der Waals surface area contributed by atoms with Crippen LogP contribution in [0.25, 0.3) is 10.9 Å². The van der Waals surface area contributed by atoms with Crippen LogP contribution in [-0.4, -0.2) is 30.9 Å². The first-order valence-corrected chi connectivity index (χ1v) is 8.95. The summed E-state index contributed by atoms with van der Waals surface area (Å²) in [5.41, 5.74) is 1.79. The van der Waals surface area contributed by atoms with Gasteiger partial charge in [-0.1, -0.05) is 23.2 Å². The van der Waals surface area contributed by atoms with Crippen LogP contribution in [0.2, 0.25) is 10.0 Å². The van der Waals surface area contributed by atoms with Crippen molar-refractivity contribution in [1.29, 1.82) is 0 Å².